The van der Waals surface area contributed by atoms with Crippen molar-refractivity contribution in [3.63, 3.8) is 0 Å². The molecular formula is C38H48O17. The fourth-order valence-corrected chi connectivity index (χ4v) is 12.9. The van der Waals surface area contributed by atoms with Gasteiger partial charge in [0.2, 0.25) is 5.60 Å². The van der Waals surface area contributed by atoms with Gasteiger partial charge in [0.1, 0.15) is 29.0 Å². The highest BCUT2D eigenvalue weighted by Gasteiger charge is 3.04. The topological polar surface area (TPSA) is 230 Å². The molecule has 4 saturated carbocycles. The van der Waals surface area contributed by atoms with Gasteiger partial charge in [0, 0.05) is 69.8 Å². The van der Waals surface area contributed by atoms with E-state index < -0.39 is 129 Å². The summed E-state index contributed by atoms with van der Waals surface area (Å²) in [5, 5.41) is 28.0. The average Bonchev–Trinajstić information content (AvgIpc) is 3.85. The number of aliphatic hydroxyl groups is 2. The monoisotopic (exact) mass is 776 g/mol. The zero-order valence-corrected chi connectivity index (χ0v) is 32.4. The highest BCUT2D eigenvalue weighted by atomic mass is 16.8. The molecule has 4 bridgehead atoms. The molecule has 55 heavy (non-hydrogen) atoms. The van der Waals surface area contributed by atoms with Gasteiger partial charge in [0.05, 0.1) is 25.1 Å². The van der Waals surface area contributed by atoms with E-state index in [9.17, 15) is 39.0 Å². The number of hydrogen-bond donors (Lipinski definition) is 2. The summed E-state index contributed by atoms with van der Waals surface area (Å²) in [5.74, 6) is -9.09. The number of methoxy groups -OCH3 is 1. The number of ether oxygens (including phenoxy) is 8. The van der Waals surface area contributed by atoms with Crippen molar-refractivity contribution in [2.75, 3.05) is 7.11 Å². The van der Waals surface area contributed by atoms with E-state index in [0.717, 1.165) is 34.8 Å². The molecule has 2 N–H and O–H groups in total. The van der Waals surface area contributed by atoms with Gasteiger partial charge in [-0.3, -0.25) is 28.8 Å². The Morgan fingerprint density at radius 1 is 0.873 bits per heavy atom. The molecule has 4 aliphatic carbocycles. The molecule has 3 heterocycles. The maximum atomic E-state index is 14.3. The second-order valence-corrected chi connectivity index (χ2v) is 17.0. The Kier molecular flexibility index (Phi) is 8.36. The lowest BCUT2D eigenvalue weighted by Crippen LogP contribution is -2.96. The summed E-state index contributed by atoms with van der Waals surface area (Å²) in [6, 6.07) is 1.53. The average molecular weight is 777 g/mol. The summed E-state index contributed by atoms with van der Waals surface area (Å²) in [7, 11) is 1.16. The fourth-order valence-electron chi connectivity index (χ4n) is 12.9. The first kappa shape index (κ1) is 39.2. The van der Waals surface area contributed by atoms with E-state index in [4.69, 9.17) is 42.3 Å². The van der Waals surface area contributed by atoms with Crippen LogP contribution in [-0.2, 0) is 66.7 Å². The van der Waals surface area contributed by atoms with Gasteiger partial charge in [-0.15, -0.1) is 0 Å². The number of carbonyl (C=O) groups is 6. The molecule has 17 nitrogen and oxygen atoms in total. The molecule has 0 amide bonds. The van der Waals surface area contributed by atoms with Crippen molar-refractivity contribution in [3.05, 3.63) is 24.2 Å². The van der Waals surface area contributed by atoms with Gasteiger partial charge in [0.25, 0.3) is 0 Å². The molecule has 2 saturated heterocycles. The molecule has 1 aromatic rings. The number of furan rings is 1. The maximum Gasteiger partial charge on any atom is 0.305 e. The van der Waals surface area contributed by atoms with E-state index in [1.807, 2.05) is 0 Å². The Labute approximate surface area is 316 Å². The van der Waals surface area contributed by atoms with Crippen LogP contribution in [0.15, 0.2) is 23.0 Å². The number of rotatable bonds is 9. The first-order valence-corrected chi connectivity index (χ1v) is 18.2. The van der Waals surface area contributed by atoms with Gasteiger partial charge in [0.15, 0.2) is 24.1 Å². The number of fused-ring (bicyclic) bond motifs is 4. The molecule has 17 heteroatoms. The van der Waals surface area contributed by atoms with Crippen molar-refractivity contribution < 1.29 is 81.3 Å². The first-order chi connectivity index (χ1) is 25.4. The van der Waals surface area contributed by atoms with E-state index in [-0.39, 0.29) is 12.8 Å². The van der Waals surface area contributed by atoms with Gasteiger partial charge in [-0.2, -0.15) is 0 Å². The third kappa shape index (κ3) is 4.38. The molecular weight excluding hydrogens is 728 g/mol. The van der Waals surface area contributed by atoms with Crippen molar-refractivity contribution in [1.82, 2.24) is 0 Å². The second-order valence-electron chi connectivity index (χ2n) is 17.0. The van der Waals surface area contributed by atoms with Gasteiger partial charge in [-0.25, -0.2) is 0 Å². The molecule has 15 atom stereocenters. The van der Waals surface area contributed by atoms with Gasteiger partial charge in [-0.05, 0) is 25.3 Å². The summed E-state index contributed by atoms with van der Waals surface area (Å²) in [6.45, 7) is 11.9. The quantitative estimate of drug-likeness (QED) is 0.270. The molecule has 2 aliphatic heterocycles. The van der Waals surface area contributed by atoms with Crippen LogP contribution in [0.25, 0.3) is 0 Å². The predicted molar refractivity (Wildman–Crippen MR) is 179 cm³/mol. The Balaban J connectivity index is 1.66. The van der Waals surface area contributed by atoms with Gasteiger partial charge >= 0.3 is 35.8 Å². The third-order valence-corrected chi connectivity index (χ3v) is 14.2. The zero-order valence-electron chi connectivity index (χ0n) is 32.4. The normalized spacial score (nSPS) is 47.3. The molecule has 1 unspecified atom stereocenters. The Morgan fingerprint density at radius 2 is 1.49 bits per heavy atom. The lowest BCUT2D eigenvalue weighted by atomic mass is 9.32. The van der Waals surface area contributed by atoms with Gasteiger partial charge in [-0.1, -0.05) is 20.8 Å². The van der Waals surface area contributed by atoms with Crippen LogP contribution in [-0.4, -0.2) is 106 Å². The molecule has 6 fully saturated rings. The van der Waals surface area contributed by atoms with E-state index in [0.29, 0.717) is 5.56 Å². The molecule has 1 spiro atoms. The van der Waals surface area contributed by atoms with Crippen molar-refractivity contribution in [3.8, 4) is 0 Å². The smallest absolute Gasteiger partial charge is 0.305 e. The van der Waals surface area contributed by atoms with Crippen molar-refractivity contribution in [2.24, 2.45) is 28.1 Å². The van der Waals surface area contributed by atoms with Crippen LogP contribution in [0.4, 0.5) is 0 Å². The number of carbonyl (C=O) groups excluding carboxylic acids is 6. The standard InChI is InChI=1S/C38H48O17/c1-17(39)49-26(22-11-12-48-15-22)33(8)24-14-32(7)54-30-36(24,55-32)38(46,28(51-19(3)41)27(33)50-18(2)40)34(9)23(13-25(44)47-10)31(6)16-35(34,45)37(30,53-21(5)43)29(31)52-20(4)42/h11-12,15,23-24,26-30,45-46H,13-14,16H2,1-10H3/t23-,24+,26-,27-,28+,29-,30-,31-,32?,33+,34+,35+,36+,37-,38-/m0/s1. The Bertz CT molecular complexity index is 1860. The first-order valence-electron chi connectivity index (χ1n) is 18.2. The van der Waals surface area contributed by atoms with Crippen molar-refractivity contribution >= 4 is 35.8 Å². The largest absolute Gasteiger partial charge is 0.472 e. The lowest BCUT2D eigenvalue weighted by molar-refractivity contribution is -0.440. The third-order valence-electron chi connectivity index (χ3n) is 14.2. The van der Waals surface area contributed by atoms with Crippen molar-refractivity contribution in [1.29, 1.82) is 0 Å². The summed E-state index contributed by atoms with van der Waals surface area (Å²) < 4.78 is 55.1. The van der Waals surface area contributed by atoms with Crippen LogP contribution < -0.4 is 0 Å². The van der Waals surface area contributed by atoms with E-state index in [2.05, 4.69) is 0 Å². The molecule has 6 aliphatic rings. The molecule has 302 valence electrons. The van der Waals surface area contributed by atoms with E-state index in [1.165, 1.54) is 32.4 Å². The van der Waals surface area contributed by atoms with E-state index >= 15 is 0 Å². The second kappa shape index (κ2) is 11.7. The highest BCUT2D eigenvalue weighted by Crippen LogP contribution is 2.87. The predicted octanol–water partition coefficient (Wildman–Crippen LogP) is 1.98. The summed E-state index contributed by atoms with van der Waals surface area (Å²) in [6.07, 6.45) is -6.47. The Hall–Kier alpha value is -4.06. The minimum Gasteiger partial charge on any atom is -0.472 e. The minimum atomic E-state index is -2.71. The van der Waals surface area contributed by atoms with Crippen LogP contribution in [0.3, 0.4) is 0 Å². The molecule has 0 radical (unpaired) electrons. The fraction of sp³-hybridized carbons (Fsp3) is 0.737. The maximum absolute atomic E-state index is 14.3. The van der Waals surface area contributed by atoms with Crippen molar-refractivity contribution in [2.45, 2.75) is 140 Å². The highest BCUT2D eigenvalue weighted by molar-refractivity contribution is 5.73. The van der Waals surface area contributed by atoms with Crippen LogP contribution in [0.1, 0.15) is 93.2 Å². The minimum absolute atomic E-state index is 0.0929. The van der Waals surface area contributed by atoms with Crippen LogP contribution in [0.5, 0.6) is 0 Å². The Morgan fingerprint density at radius 3 is 2.02 bits per heavy atom. The number of esters is 6. The SMILES string of the molecule is COC(=O)C[C@H]1[C@]2(C)C[C@]3(O)[C@@](OC(C)=O)([C@H]4OC5(C)C[C@@H]6[C@](C)([C@@H](OC(C)=O)c7ccoc7)[C@@H](OC(C)=O)[C@@H](OC(C)=O)[C@@](O)([C@@]64O5)[C@]13C)[C@H]2OC(C)=O. The van der Waals surface area contributed by atoms with Crippen LogP contribution in [0.2, 0.25) is 0 Å². The number of hydrogen-bond acceptors (Lipinski definition) is 17. The molecule has 0 aromatic carbocycles. The van der Waals surface area contributed by atoms with Crippen LogP contribution in [0, 0.1) is 28.1 Å². The lowest BCUT2D eigenvalue weighted by Gasteiger charge is -2.77. The zero-order chi connectivity index (χ0) is 40.7. The van der Waals surface area contributed by atoms with E-state index in [1.54, 1.807) is 20.8 Å². The summed E-state index contributed by atoms with van der Waals surface area (Å²) >= 11 is 0. The summed E-state index contributed by atoms with van der Waals surface area (Å²) in [4.78, 5) is 79.6. The van der Waals surface area contributed by atoms with Gasteiger partial charge < -0.3 is 52.5 Å². The van der Waals surface area contributed by atoms with Crippen LogP contribution >= 0.6 is 0 Å². The molecule has 7 rings (SSSR count). The summed E-state index contributed by atoms with van der Waals surface area (Å²) in [5.41, 5.74) is -14.8. The molecule has 1 aromatic heterocycles.